The normalized spacial score (nSPS) is 10.2. The van der Waals surface area contributed by atoms with Crippen molar-refractivity contribution in [1.82, 2.24) is 5.48 Å². The molecule has 0 bridgehead atoms. The first-order valence-electron chi connectivity index (χ1n) is 3.44. The number of hydrogen-bond donors (Lipinski definition) is 1. The van der Waals surface area contributed by atoms with Crippen molar-refractivity contribution >= 4 is 27.5 Å². The van der Waals surface area contributed by atoms with Gasteiger partial charge in [0.1, 0.15) is 0 Å². The lowest BCUT2D eigenvalue weighted by atomic mass is 10.2. The topological polar surface area (TPSA) is 21.3 Å². The molecule has 0 aromatic heterocycles. The van der Waals surface area contributed by atoms with Crippen LogP contribution in [-0.4, -0.2) is 7.11 Å². The predicted octanol–water partition coefficient (Wildman–Crippen LogP) is 2.75. The molecule has 0 unspecified atom stereocenters. The summed E-state index contributed by atoms with van der Waals surface area (Å²) in [6.45, 7) is 0.614. The van der Waals surface area contributed by atoms with Gasteiger partial charge in [-0.15, -0.1) is 0 Å². The number of nitrogens with one attached hydrogen (secondary N) is 1. The van der Waals surface area contributed by atoms with Crippen molar-refractivity contribution in [3.63, 3.8) is 0 Å². The summed E-state index contributed by atoms with van der Waals surface area (Å²) >= 11 is 9.27. The van der Waals surface area contributed by atoms with Crippen LogP contribution >= 0.6 is 27.5 Å². The summed E-state index contributed by atoms with van der Waals surface area (Å²) in [5, 5.41) is 0.730. The zero-order valence-corrected chi connectivity index (χ0v) is 8.95. The SMILES string of the molecule is CONCc1ccc(Br)cc1Cl. The van der Waals surface area contributed by atoms with Crippen molar-refractivity contribution < 1.29 is 4.84 Å². The monoisotopic (exact) mass is 249 g/mol. The molecule has 12 heavy (non-hydrogen) atoms. The second-order valence-corrected chi connectivity index (χ2v) is 3.58. The molecule has 0 saturated heterocycles. The Morgan fingerprint density at radius 2 is 2.33 bits per heavy atom. The van der Waals surface area contributed by atoms with Crippen LogP contribution in [0.2, 0.25) is 5.02 Å². The molecule has 0 fully saturated rings. The van der Waals surface area contributed by atoms with Crippen molar-refractivity contribution in [2.45, 2.75) is 6.54 Å². The molecular formula is C8H9BrClNO. The minimum absolute atomic E-state index is 0.614. The maximum atomic E-state index is 5.94. The van der Waals surface area contributed by atoms with Crippen LogP contribution in [0.15, 0.2) is 22.7 Å². The number of benzene rings is 1. The van der Waals surface area contributed by atoms with E-state index < -0.39 is 0 Å². The Morgan fingerprint density at radius 3 is 2.92 bits per heavy atom. The highest BCUT2D eigenvalue weighted by Crippen LogP contribution is 2.20. The molecule has 1 aromatic carbocycles. The van der Waals surface area contributed by atoms with E-state index in [1.165, 1.54) is 0 Å². The maximum Gasteiger partial charge on any atom is 0.0572 e. The third-order valence-corrected chi connectivity index (χ3v) is 2.27. The van der Waals surface area contributed by atoms with Crippen molar-refractivity contribution in [3.8, 4) is 0 Å². The van der Waals surface area contributed by atoms with E-state index in [1.807, 2.05) is 18.2 Å². The third-order valence-electron chi connectivity index (χ3n) is 1.42. The van der Waals surface area contributed by atoms with Crippen LogP contribution in [0, 0.1) is 0 Å². The molecule has 2 nitrogen and oxygen atoms in total. The third kappa shape index (κ3) is 2.75. The zero-order chi connectivity index (χ0) is 8.97. The Bertz CT molecular complexity index is 267. The fourth-order valence-electron chi connectivity index (χ4n) is 0.815. The second kappa shape index (κ2) is 4.82. The minimum atomic E-state index is 0.614. The summed E-state index contributed by atoms with van der Waals surface area (Å²) < 4.78 is 0.980. The van der Waals surface area contributed by atoms with Crippen LogP contribution in [0.5, 0.6) is 0 Å². The van der Waals surface area contributed by atoms with Gasteiger partial charge in [-0.25, -0.2) is 0 Å². The molecule has 0 aliphatic heterocycles. The van der Waals surface area contributed by atoms with Gasteiger partial charge < -0.3 is 4.84 Å². The van der Waals surface area contributed by atoms with E-state index in [-0.39, 0.29) is 0 Å². The van der Waals surface area contributed by atoms with E-state index in [9.17, 15) is 0 Å². The predicted molar refractivity (Wildman–Crippen MR) is 53.0 cm³/mol. The number of hydrogen-bond acceptors (Lipinski definition) is 2. The molecule has 0 amide bonds. The first kappa shape index (κ1) is 9.99. The Hall–Kier alpha value is -0.0900. The second-order valence-electron chi connectivity index (χ2n) is 2.26. The summed E-state index contributed by atoms with van der Waals surface area (Å²) in [5.74, 6) is 0. The highest BCUT2D eigenvalue weighted by molar-refractivity contribution is 9.10. The van der Waals surface area contributed by atoms with E-state index in [0.29, 0.717) is 6.54 Å². The number of halogens is 2. The van der Waals surface area contributed by atoms with Crippen LogP contribution < -0.4 is 5.48 Å². The van der Waals surface area contributed by atoms with E-state index >= 15 is 0 Å². The standard InChI is InChI=1S/C8H9BrClNO/c1-12-11-5-6-2-3-7(9)4-8(6)10/h2-4,11H,5H2,1H3. The number of rotatable bonds is 3. The van der Waals surface area contributed by atoms with E-state index in [2.05, 4.69) is 21.4 Å². The molecule has 1 aromatic rings. The summed E-state index contributed by atoms with van der Waals surface area (Å²) in [7, 11) is 1.58. The average molecular weight is 251 g/mol. The van der Waals surface area contributed by atoms with Crippen molar-refractivity contribution in [1.29, 1.82) is 0 Å². The maximum absolute atomic E-state index is 5.94. The van der Waals surface area contributed by atoms with Gasteiger partial charge in [0.25, 0.3) is 0 Å². The van der Waals surface area contributed by atoms with Crippen LogP contribution in [-0.2, 0) is 11.4 Å². The summed E-state index contributed by atoms with van der Waals surface area (Å²) in [5.41, 5.74) is 3.74. The lowest BCUT2D eigenvalue weighted by Gasteiger charge is -2.04. The molecule has 0 saturated carbocycles. The smallest absolute Gasteiger partial charge is 0.0572 e. The molecule has 1 N–H and O–H groups in total. The highest BCUT2D eigenvalue weighted by atomic mass is 79.9. The summed E-state index contributed by atoms with van der Waals surface area (Å²) in [6.07, 6.45) is 0. The Labute approximate surface area is 84.9 Å². The fraction of sp³-hybridized carbons (Fsp3) is 0.250. The van der Waals surface area contributed by atoms with Gasteiger partial charge in [0.2, 0.25) is 0 Å². The highest BCUT2D eigenvalue weighted by Gasteiger charge is 1.99. The molecule has 0 spiro atoms. The van der Waals surface area contributed by atoms with Gasteiger partial charge in [0, 0.05) is 16.0 Å². The molecule has 0 aliphatic rings. The molecule has 0 aliphatic carbocycles. The van der Waals surface area contributed by atoms with Crippen LogP contribution in [0.4, 0.5) is 0 Å². The quantitative estimate of drug-likeness (QED) is 0.833. The molecule has 0 radical (unpaired) electrons. The minimum Gasteiger partial charge on any atom is -0.305 e. The molecule has 66 valence electrons. The molecule has 0 heterocycles. The zero-order valence-electron chi connectivity index (χ0n) is 6.60. The van der Waals surface area contributed by atoms with Crippen molar-refractivity contribution in [2.24, 2.45) is 0 Å². The van der Waals surface area contributed by atoms with E-state index in [4.69, 9.17) is 16.4 Å². The first-order chi connectivity index (χ1) is 5.74. The van der Waals surface area contributed by atoms with Gasteiger partial charge in [-0.2, -0.15) is 5.48 Å². The Morgan fingerprint density at radius 1 is 1.58 bits per heavy atom. The van der Waals surface area contributed by atoms with Gasteiger partial charge in [0.05, 0.1) is 7.11 Å². The van der Waals surface area contributed by atoms with Gasteiger partial charge in [-0.1, -0.05) is 33.6 Å². The Balaban J connectivity index is 2.72. The van der Waals surface area contributed by atoms with Crippen molar-refractivity contribution in [3.05, 3.63) is 33.3 Å². The van der Waals surface area contributed by atoms with Gasteiger partial charge in [-0.05, 0) is 17.7 Å². The fourth-order valence-corrected chi connectivity index (χ4v) is 1.56. The average Bonchev–Trinajstić information content (AvgIpc) is 2.03. The van der Waals surface area contributed by atoms with Crippen LogP contribution in [0.1, 0.15) is 5.56 Å². The molecule has 0 atom stereocenters. The van der Waals surface area contributed by atoms with Crippen molar-refractivity contribution in [2.75, 3.05) is 7.11 Å². The Kier molecular flexibility index (Phi) is 4.01. The largest absolute Gasteiger partial charge is 0.305 e. The van der Waals surface area contributed by atoms with Gasteiger partial charge in [0.15, 0.2) is 0 Å². The lowest BCUT2D eigenvalue weighted by molar-refractivity contribution is 0.0867. The van der Waals surface area contributed by atoms with E-state index in [0.717, 1.165) is 15.1 Å². The van der Waals surface area contributed by atoms with Gasteiger partial charge >= 0.3 is 0 Å². The molecule has 4 heteroatoms. The number of hydroxylamine groups is 1. The van der Waals surface area contributed by atoms with Gasteiger partial charge in [-0.3, -0.25) is 0 Å². The van der Waals surface area contributed by atoms with Crippen LogP contribution in [0.3, 0.4) is 0 Å². The summed E-state index contributed by atoms with van der Waals surface area (Å²) in [6, 6.07) is 5.74. The van der Waals surface area contributed by atoms with Crippen LogP contribution in [0.25, 0.3) is 0 Å². The van der Waals surface area contributed by atoms with E-state index in [1.54, 1.807) is 7.11 Å². The molecule has 1 rings (SSSR count). The lowest BCUT2D eigenvalue weighted by Crippen LogP contribution is -2.10. The molecular weight excluding hydrogens is 241 g/mol. The first-order valence-corrected chi connectivity index (χ1v) is 4.61. The summed E-state index contributed by atoms with van der Waals surface area (Å²) in [4.78, 5) is 4.71.